The number of rotatable bonds is 8. The molecule has 0 saturated carbocycles. The van der Waals surface area contributed by atoms with Gasteiger partial charge in [0, 0.05) is 0 Å². The minimum Gasteiger partial charge on any atom is -0.304 e. The summed E-state index contributed by atoms with van der Waals surface area (Å²) in [5.41, 5.74) is 0.796. The van der Waals surface area contributed by atoms with Crippen molar-refractivity contribution >= 4 is 7.60 Å². The second-order valence-electron chi connectivity index (χ2n) is 3.46. The predicted octanol–water partition coefficient (Wildman–Crippen LogP) is 3.94. The minimum absolute atomic E-state index is 0.266. The molecule has 0 aliphatic heterocycles. The first-order valence-corrected chi connectivity index (χ1v) is 7.01. The van der Waals surface area contributed by atoms with Crippen molar-refractivity contribution in [2.75, 3.05) is 19.4 Å². The van der Waals surface area contributed by atoms with Crippen LogP contribution < -0.4 is 0 Å². The normalized spacial score (nSPS) is 12.7. The Morgan fingerprint density at radius 1 is 1.19 bits per heavy atom. The van der Waals surface area contributed by atoms with Crippen LogP contribution in [0.4, 0.5) is 0 Å². The summed E-state index contributed by atoms with van der Waals surface area (Å²) in [4.78, 5) is 0. The van der Waals surface area contributed by atoms with Gasteiger partial charge in [0.15, 0.2) is 0 Å². The summed E-state index contributed by atoms with van der Waals surface area (Å²) in [6.45, 7) is 9.91. The number of hydrogen-bond donors (Lipinski definition) is 0. The number of allylic oxidation sites excluding steroid dienone is 3. The van der Waals surface area contributed by atoms with Crippen LogP contribution in [0.3, 0.4) is 0 Å². The van der Waals surface area contributed by atoms with Gasteiger partial charge < -0.3 is 9.05 Å². The van der Waals surface area contributed by atoms with E-state index in [1.165, 1.54) is 0 Å². The molecule has 0 saturated heterocycles. The molecule has 0 amide bonds. The van der Waals surface area contributed by atoms with E-state index < -0.39 is 7.60 Å². The monoisotopic (exact) mass is 244 g/mol. The summed E-state index contributed by atoms with van der Waals surface area (Å²) in [6.07, 6.45) is 7.55. The summed E-state index contributed by atoms with van der Waals surface area (Å²) in [7, 11) is -3.04. The van der Waals surface area contributed by atoms with Crippen molar-refractivity contribution in [2.45, 2.75) is 20.8 Å². The van der Waals surface area contributed by atoms with E-state index in [1.54, 1.807) is 12.2 Å². The second kappa shape index (κ2) is 8.51. The Kier molecular flexibility index (Phi) is 8.18. The van der Waals surface area contributed by atoms with E-state index in [9.17, 15) is 4.57 Å². The Bertz CT molecular complexity index is 285. The van der Waals surface area contributed by atoms with Crippen LogP contribution in [0.2, 0.25) is 0 Å². The summed E-state index contributed by atoms with van der Waals surface area (Å²) in [5, 5.41) is 0. The van der Waals surface area contributed by atoms with Gasteiger partial charge in [-0.2, -0.15) is 0 Å². The molecule has 0 spiro atoms. The van der Waals surface area contributed by atoms with E-state index in [4.69, 9.17) is 9.05 Å². The van der Waals surface area contributed by atoms with Crippen molar-refractivity contribution in [1.82, 2.24) is 0 Å². The summed E-state index contributed by atoms with van der Waals surface area (Å²) in [5.74, 6) is 0. The molecule has 0 bridgehead atoms. The molecular weight excluding hydrogens is 223 g/mol. The van der Waals surface area contributed by atoms with E-state index in [-0.39, 0.29) is 6.16 Å². The zero-order chi connectivity index (χ0) is 12.4. The van der Waals surface area contributed by atoms with Crippen LogP contribution >= 0.6 is 7.60 Å². The molecule has 0 radical (unpaired) electrons. The van der Waals surface area contributed by atoms with Crippen molar-refractivity contribution in [3.8, 4) is 0 Å². The summed E-state index contributed by atoms with van der Waals surface area (Å²) >= 11 is 0. The molecule has 0 fully saturated rings. The Morgan fingerprint density at radius 3 is 1.94 bits per heavy atom. The predicted molar refractivity (Wildman–Crippen MR) is 68.8 cm³/mol. The third-order valence-electron chi connectivity index (χ3n) is 1.67. The lowest BCUT2D eigenvalue weighted by atomic mass is 10.4. The van der Waals surface area contributed by atoms with Crippen LogP contribution in [-0.4, -0.2) is 19.4 Å². The molecule has 0 aromatic carbocycles. The lowest BCUT2D eigenvalue weighted by Crippen LogP contribution is -2.01. The van der Waals surface area contributed by atoms with Gasteiger partial charge in [-0.25, -0.2) is 0 Å². The van der Waals surface area contributed by atoms with Crippen LogP contribution in [-0.2, 0) is 13.6 Å². The fraction of sp³-hybridized carbons (Fsp3) is 0.500. The zero-order valence-electron chi connectivity index (χ0n) is 10.3. The third kappa shape index (κ3) is 7.63. The topological polar surface area (TPSA) is 35.5 Å². The van der Waals surface area contributed by atoms with Gasteiger partial charge in [0.05, 0.1) is 19.4 Å². The molecule has 0 aliphatic carbocycles. The van der Waals surface area contributed by atoms with Crippen LogP contribution in [0.15, 0.2) is 36.5 Å². The second-order valence-corrected chi connectivity index (χ2v) is 5.51. The Morgan fingerprint density at radius 2 is 1.62 bits per heavy atom. The fourth-order valence-corrected chi connectivity index (χ4v) is 2.51. The van der Waals surface area contributed by atoms with Gasteiger partial charge in [-0.3, -0.25) is 4.57 Å². The maximum atomic E-state index is 12.2. The molecule has 16 heavy (non-hydrogen) atoms. The zero-order valence-corrected chi connectivity index (χ0v) is 11.2. The maximum absolute atomic E-state index is 12.2. The smallest absolute Gasteiger partial charge is 0.304 e. The van der Waals surface area contributed by atoms with E-state index in [2.05, 4.69) is 6.58 Å². The molecule has 0 aromatic heterocycles. The first-order chi connectivity index (χ1) is 7.54. The average molecular weight is 244 g/mol. The summed E-state index contributed by atoms with van der Waals surface area (Å²) < 4.78 is 22.8. The fourth-order valence-electron chi connectivity index (χ4n) is 0.965. The first kappa shape index (κ1) is 15.4. The molecule has 0 heterocycles. The molecule has 0 atom stereocenters. The third-order valence-corrected chi connectivity index (χ3v) is 3.68. The van der Waals surface area contributed by atoms with Crippen LogP contribution in [0, 0.1) is 0 Å². The van der Waals surface area contributed by atoms with Crippen LogP contribution in [0.1, 0.15) is 20.8 Å². The molecule has 0 N–H and O–H groups in total. The van der Waals surface area contributed by atoms with Gasteiger partial charge in [0.1, 0.15) is 0 Å². The Hall–Kier alpha value is -0.630. The molecule has 0 aromatic rings. The molecule has 3 nitrogen and oxygen atoms in total. The van der Waals surface area contributed by atoms with Crippen molar-refractivity contribution in [3.05, 3.63) is 36.5 Å². The van der Waals surface area contributed by atoms with Crippen LogP contribution in [0.25, 0.3) is 0 Å². The highest BCUT2D eigenvalue weighted by atomic mass is 31.2. The van der Waals surface area contributed by atoms with Gasteiger partial charge in [0.2, 0.25) is 0 Å². The number of hydrogen-bond acceptors (Lipinski definition) is 3. The highest BCUT2D eigenvalue weighted by Gasteiger charge is 2.23. The summed E-state index contributed by atoms with van der Waals surface area (Å²) in [6, 6.07) is 0. The van der Waals surface area contributed by atoms with E-state index in [0.29, 0.717) is 13.2 Å². The highest BCUT2D eigenvalue weighted by molar-refractivity contribution is 7.54. The van der Waals surface area contributed by atoms with E-state index in [1.807, 2.05) is 32.9 Å². The quantitative estimate of drug-likeness (QED) is 0.479. The minimum atomic E-state index is -3.04. The van der Waals surface area contributed by atoms with Crippen molar-refractivity contribution < 1.29 is 13.6 Å². The van der Waals surface area contributed by atoms with Gasteiger partial charge >= 0.3 is 7.60 Å². The maximum Gasteiger partial charge on any atom is 0.335 e. The van der Waals surface area contributed by atoms with Crippen LogP contribution in [0.5, 0.6) is 0 Å². The van der Waals surface area contributed by atoms with Gasteiger partial charge in [-0.1, -0.05) is 36.5 Å². The Balaban J connectivity index is 4.35. The largest absolute Gasteiger partial charge is 0.335 e. The molecule has 0 unspecified atom stereocenters. The first-order valence-electron chi connectivity index (χ1n) is 5.29. The molecular formula is C12H21O3P. The van der Waals surface area contributed by atoms with Gasteiger partial charge in [0.25, 0.3) is 0 Å². The lowest BCUT2D eigenvalue weighted by Gasteiger charge is -2.16. The van der Waals surface area contributed by atoms with Crippen molar-refractivity contribution in [1.29, 1.82) is 0 Å². The molecule has 0 rings (SSSR count). The lowest BCUT2D eigenvalue weighted by molar-refractivity contribution is 0.239. The van der Waals surface area contributed by atoms with Gasteiger partial charge in [-0.15, -0.1) is 0 Å². The molecule has 4 heteroatoms. The Labute approximate surface area is 98.4 Å². The molecule has 92 valence electrons. The van der Waals surface area contributed by atoms with E-state index >= 15 is 0 Å². The SMILES string of the molecule is C=C(C)CP(=O)(OC/C=C/C)OC/C=C/C. The van der Waals surface area contributed by atoms with E-state index in [0.717, 1.165) is 5.57 Å². The highest BCUT2D eigenvalue weighted by Crippen LogP contribution is 2.49. The van der Waals surface area contributed by atoms with Gasteiger partial charge in [-0.05, 0) is 20.8 Å². The van der Waals surface area contributed by atoms with Crippen molar-refractivity contribution in [3.63, 3.8) is 0 Å². The standard InChI is InChI=1S/C12H21O3P/c1-5-7-9-14-16(13,11-12(3)4)15-10-8-6-2/h5-8H,3,9-11H2,1-2,4H3/b7-5+,8-6+. The van der Waals surface area contributed by atoms with Crippen molar-refractivity contribution in [2.24, 2.45) is 0 Å². The molecule has 0 aliphatic rings. The average Bonchev–Trinajstić information content (AvgIpc) is 2.17.